The molecule has 1 fully saturated rings. The Balaban J connectivity index is 1.38. The summed E-state index contributed by atoms with van der Waals surface area (Å²) in [6, 6.07) is 7.90. The molecule has 27 heavy (non-hydrogen) atoms. The number of carbonyl (C=O) groups excluding carboxylic acids is 2. The summed E-state index contributed by atoms with van der Waals surface area (Å²) in [6.07, 6.45) is 1.12. The minimum absolute atomic E-state index is 0.122. The third kappa shape index (κ3) is 3.42. The van der Waals surface area contributed by atoms with Crippen molar-refractivity contribution in [2.24, 2.45) is 5.92 Å². The number of anilines is 1. The number of likely N-dealkylation sites (tertiary alicyclic amines) is 1. The summed E-state index contributed by atoms with van der Waals surface area (Å²) in [5, 5.41) is 6.89. The van der Waals surface area contributed by atoms with Gasteiger partial charge in [0.05, 0.1) is 0 Å². The molecule has 1 aromatic carbocycles. The molecule has 3 aromatic rings. The van der Waals surface area contributed by atoms with Crippen molar-refractivity contribution in [2.45, 2.75) is 19.8 Å². The number of amides is 2. The van der Waals surface area contributed by atoms with Gasteiger partial charge in [-0.2, -0.15) is 0 Å². The number of H-pyrrole nitrogens is 1. The number of aromatic nitrogens is 2. The minimum atomic E-state index is -0.360. The van der Waals surface area contributed by atoms with Crippen LogP contribution in [0.1, 0.15) is 29.1 Å². The van der Waals surface area contributed by atoms with Gasteiger partial charge in [0.15, 0.2) is 5.82 Å². The fourth-order valence-electron chi connectivity index (χ4n) is 3.40. The van der Waals surface area contributed by atoms with Crippen LogP contribution in [-0.4, -0.2) is 39.9 Å². The van der Waals surface area contributed by atoms with Crippen LogP contribution in [-0.2, 0) is 4.79 Å². The molecule has 140 valence electrons. The number of hydrogen-bond acceptors (Lipinski definition) is 4. The number of aromatic amines is 1. The molecule has 3 heterocycles. The molecule has 0 spiro atoms. The number of nitrogens with one attached hydrogen (secondary N) is 2. The van der Waals surface area contributed by atoms with Gasteiger partial charge in [-0.3, -0.25) is 9.59 Å². The van der Waals surface area contributed by atoms with E-state index in [-0.39, 0.29) is 23.5 Å². The van der Waals surface area contributed by atoms with Crippen LogP contribution in [0, 0.1) is 18.7 Å². The fourth-order valence-corrected chi connectivity index (χ4v) is 3.40. The van der Waals surface area contributed by atoms with Gasteiger partial charge in [-0.25, -0.2) is 4.39 Å². The monoisotopic (exact) mass is 370 g/mol. The van der Waals surface area contributed by atoms with Gasteiger partial charge in [0.25, 0.3) is 5.91 Å². The highest BCUT2D eigenvalue weighted by Gasteiger charge is 2.29. The first-order valence-electron chi connectivity index (χ1n) is 8.82. The first-order chi connectivity index (χ1) is 13.0. The number of aryl methyl sites for hydroxylation is 1. The second-order valence-electron chi connectivity index (χ2n) is 6.76. The maximum Gasteiger partial charge on any atom is 0.270 e. The molecule has 0 saturated carbocycles. The maximum absolute atomic E-state index is 13.8. The van der Waals surface area contributed by atoms with Gasteiger partial charge in [-0.05, 0) is 38.0 Å². The highest BCUT2D eigenvalue weighted by Crippen LogP contribution is 2.23. The summed E-state index contributed by atoms with van der Waals surface area (Å²) >= 11 is 0. The van der Waals surface area contributed by atoms with E-state index in [2.05, 4.69) is 15.5 Å². The van der Waals surface area contributed by atoms with Crippen LogP contribution in [0.3, 0.4) is 0 Å². The largest absolute Gasteiger partial charge is 0.360 e. The summed E-state index contributed by atoms with van der Waals surface area (Å²) < 4.78 is 18.8. The van der Waals surface area contributed by atoms with Crippen LogP contribution >= 0.6 is 0 Å². The van der Waals surface area contributed by atoms with Gasteiger partial charge in [0, 0.05) is 36.0 Å². The molecule has 0 radical (unpaired) electrons. The lowest BCUT2D eigenvalue weighted by Crippen LogP contribution is -2.41. The van der Waals surface area contributed by atoms with E-state index in [0.29, 0.717) is 54.1 Å². The number of rotatable bonds is 3. The zero-order valence-electron chi connectivity index (χ0n) is 14.8. The maximum atomic E-state index is 13.8. The van der Waals surface area contributed by atoms with Gasteiger partial charge >= 0.3 is 0 Å². The van der Waals surface area contributed by atoms with Crippen molar-refractivity contribution in [2.75, 3.05) is 18.4 Å². The number of benzene rings is 1. The predicted octanol–water partition coefficient (Wildman–Crippen LogP) is 3.09. The zero-order valence-corrected chi connectivity index (χ0v) is 14.8. The Hall–Kier alpha value is -3.16. The minimum Gasteiger partial charge on any atom is -0.360 e. The first-order valence-corrected chi connectivity index (χ1v) is 8.82. The lowest BCUT2D eigenvalue weighted by molar-refractivity contribution is -0.121. The number of halogens is 1. The van der Waals surface area contributed by atoms with Gasteiger partial charge in [-0.1, -0.05) is 11.2 Å². The van der Waals surface area contributed by atoms with E-state index in [1.54, 1.807) is 36.1 Å². The normalized spacial score (nSPS) is 15.3. The van der Waals surface area contributed by atoms with Crippen LogP contribution in [0.4, 0.5) is 10.2 Å². The summed E-state index contributed by atoms with van der Waals surface area (Å²) in [4.78, 5) is 29.7. The molecule has 0 bridgehead atoms. The van der Waals surface area contributed by atoms with Crippen LogP contribution in [0.2, 0.25) is 0 Å². The van der Waals surface area contributed by atoms with Crippen molar-refractivity contribution in [1.29, 1.82) is 0 Å². The second kappa shape index (κ2) is 6.86. The summed E-state index contributed by atoms with van der Waals surface area (Å²) in [6.45, 7) is 2.68. The van der Waals surface area contributed by atoms with Crippen molar-refractivity contribution >= 4 is 28.5 Å². The molecule has 2 aromatic heterocycles. The Kier molecular flexibility index (Phi) is 4.39. The Morgan fingerprint density at radius 3 is 2.74 bits per heavy atom. The van der Waals surface area contributed by atoms with Crippen molar-refractivity contribution < 1.29 is 18.5 Å². The Labute approximate surface area is 154 Å². The molecule has 0 aliphatic carbocycles. The number of hydrogen-bond donors (Lipinski definition) is 2. The third-order valence-corrected chi connectivity index (χ3v) is 4.87. The molecule has 0 unspecified atom stereocenters. The van der Waals surface area contributed by atoms with E-state index < -0.39 is 0 Å². The van der Waals surface area contributed by atoms with E-state index in [1.807, 2.05) is 0 Å². The molecule has 0 atom stereocenters. The molecule has 4 rings (SSSR count). The van der Waals surface area contributed by atoms with Crippen molar-refractivity contribution in [1.82, 2.24) is 15.0 Å². The standard InChI is InChI=1S/C19H19FN4O3/c1-11-9-17(23-27-11)22-18(25)12-5-7-24(8-6-12)19(26)16-10-13-14(20)3-2-4-15(13)21-16/h2-4,9-10,12,21H,5-8H2,1H3,(H,22,23,25). The van der Waals surface area contributed by atoms with Crippen molar-refractivity contribution in [3.05, 3.63) is 47.6 Å². The first kappa shape index (κ1) is 17.3. The number of fused-ring (bicyclic) bond motifs is 1. The highest BCUT2D eigenvalue weighted by atomic mass is 19.1. The molecule has 8 heteroatoms. The van der Waals surface area contributed by atoms with E-state index in [0.717, 1.165) is 0 Å². The quantitative estimate of drug-likeness (QED) is 0.741. The van der Waals surface area contributed by atoms with Gasteiger partial charge < -0.3 is 19.7 Å². The van der Waals surface area contributed by atoms with Crippen LogP contribution in [0.25, 0.3) is 10.9 Å². The molecule has 1 saturated heterocycles. The average molecular weight is 370 g/mol. The van der Waals surface area contributed by atoms with Crippen LogP contribution < -0.4 is 5.32 Å². The molecular weight excluding hydrogens is 351 g/mol. The van der Waals surface area contributed by atoms with Crippen LogP contribution in [0.5, 0.6) is 0 Å². The topological polar surface area (TPSA) is 91.2 Å². The number of nitrogens with zero attached hydrogens (tertiary/aromatic N) is 2. The molecule has 2 N–H and O–H groups in total. The van der Waals surface area contributed by atoms with Gasteiger partial charge in [0.1, 0.15) is 17.3 Å². The Morgan fingerprint density at radius 1 is 1.30 bits per heavy atom. The summed E-state index contributed by atoms with van der Waals surface area (Å²) in [5.74, 6) is 0.170. The second-order valence-corrected chi connectivity index (χ2v) is 6.76. The van der Waals surface area contributed by atoms with E-state index in [9.17, 15) is 14.0 Å². The lowest BCUT2D eigenvalue weighted by atomic mass is 9.95. The van der Waals surface area contributed by atoms with E-state index in [1.165, 1.54) is 6.07 Å². The predicted molar refractivity (Wildman–Crippen MR) is 96.8 cm³/mol. The molecule has 7 nitrogen and oxygen atoms in total. The van der Waals surface area contributed by atoms with Crippen LogP contribution in [0.15, 0.2) is 34.9 Å². The zero-order chi connectivity index (χ0) is 19.0. The fraction of sp³-hybridized carbons (Fsp3) is 0.316. The van der Waals surface area contributed by atoms with Gasteiger partial charge in [-0.15, -0.1) is 0 Å². The highest BCUT2D eigenvalue weighted by molar-refractivity contribution is 5.98. The lowest BCUT2D eigenvalue weighted by Gasteiger charge is -2.30. The molecule has 1 aliphatic rings. The smallest absolute Gasteiger partial charge is 0.270 e. The van der Waals surface area contributed by atoms with E-state index >= 15 is 0 Å². The SMILES string of the molecule is Cc1cc(NC(=O)C2CCN(C(=O)c3cc4c(F)cccc4[nH]3)CC2)no1. The van der Waals surface area contributed by atoms with Crippen molar-refractivity contribution in [3.63, 3.8) is 0 Å². The van der Waals surface area contributed by atoms with E-state index in [4.69, 9.17) is 4.52 Å². The Morgan fingerprint density at radius 2 is 2.07 bits per heavy atom. The number of carbonyl (C=O) groups is 2. The average Bonchev–Trinajstić information content (AvgIpc) is 3.28. The Bertz CT molecular complexity index is 1000. The third-order valence-electron chi connectivity index (χ3n) is 4.87. The van der Waals surface area contributed by atoms with Gasteiger partial charge in [0.2, 0.25) is 5.91 Å². The molecule has 2 amide bonds. The number of piperidine rings is 1. The summed E-state index contributed by atoms with van der Waals surface area (Å²) in [7, 11) is 0. The molecular formula is C19H19FN4O3. The molecule has 1 aliphatic heterocycles. The van der Waals surface area contributed by atoms with Crippen molar-refractivity contribution in [3.8, 4) is 0 Å². The summed E-state index contributed by atoms with van der Waals surface area (Å²) in [5.41, 5.74) is 0.951.